The van der Waals surface area contributed by atoms with Crippen LogP contribution < -0.4 is 0 Å². The molecule has 1 N–H and O–H groups in total. The minimum atomic E-state index is -0.0730. The van der Waals surface area contributed by atoms with E-state index in [1.165, 1.54) is 5.56 Å². The predicted molar refractivity (Wildman–Crippen MR) is 149 cm³/mol. The fraction of sp³-hybridized carbons (Fsp3) is 0.118. The van der Waals surface area contributed by atoms with Crippen molar-refractivity contribution in [3.05, 3.63) is 148 Å². The minimum absolute atomic E-state index is 0.0730. The monoisotopic (exact) mass is 482 g/mol. The number of ketones is 1. The van der Waals surface area contributed by atoms with Gasteiger partial charge in [0.05, 0.1) is 5.56 Å². The van der Waals surface area contributed by atoms with Crippen molar-refractivity contribution in [2.75, 3.05) is 6.54 Å². The molecule has 0 aromatic heterocycles. The highest BCUT2D eigenvalue weighted by atomic mass is 16.3. The third-order valence-corrected chi connectivity index (χ3v) is 7.33. The lowest BCUT2D eigenvalue weighted by atomic mass is 9.89. The summed E-state index contributed by atoms with van der Waals surface area (Å²) in [7, 11) is 0. The minimum Gasteiger partial charge on any atom is -0.506 e. The maximum Gasteiger partial charge on any atom is 0.254 e. The number of fused-ring (bicyclic) bond motifs is 4. The third-order valence-electron chi connectivity index (χ3n) is 7.33. The van der Waals surface area contributed by atoms with E-state index in [0.717, 1.165) is 51.1 Å². The Morgan fingerprint density at radius 1 is 0.676 bits per heavy atom. The molecule has 4 aromatic rings. The zero-order valence-electron chi connectivity index (χ0n) is 21.0. The van der Waals surface area contributed by atoms with Crippen molar-refractivity contribution in [3.8, 4) is 11.1 Å². The zero-order chi connectivity index (χ0) is 25.5. The van der Waals surface area contributed by atoms with Gasteiger partial charge >= 0.3 is 0 Å². The van der Waals surface area contributed by atoms with Crippen molar-refractivity contribution in [1.29, 1.82) is 0 Å². The molecule has 0 bridgehead atoms. The van der Waals surface area contributed by atoms with Gasteiger partial charge in [-0.2, -0.15) is 4.58 Å². The normalized spacial score (nSPS) is 14.5. The van der Waals surface area contributed by atoms with E-state index in [0.29, 0.717) is 17.8 Å². The molecule has 2 aliphatic rings. The Kier molecular flexibility index (Phi) is 5.69. The summed E-state index contributed by atoms with van der Waals surface area (Å²) in [5, 5.41) is 11.3. The van der Waals surface area contributed by atoms with Gasteiger partial charge in [-0.3, -0.25) is 4.79 Å². The van der Waals surface area contributed by atoms with Crippen LogP contribution in [-0.2, 0) is 11.2 Å². The molecule has 0 fully saturated rings. The maximum absolute atomic E-state index is 13.6. The first kappa shape index (κ1) is 22.9. The van der Waals surface area contributed by atoms with Crippen LogP contribution in [0.15, 0.2) is 120 Å². The van der Waals surface area contributed by atoms with Crippen molar-refractivity contribution in [2.24, 2.45) is 0 Å². The van der Waals surface area contributed by atoms with E-state index in [-0.39, 0.29) is 11.5 Å². The molecule has 37 heavy (non-hydrogen) atoms. The number of benzene rings is 4. The summed E-state index contributed by atoms with van der Waals surface area (Å²) in [6, 6.07) is 35.1. The van der Waals surface area contributed by atoms with E-state index < -0.39 is 0 Å². The molecule has 0 unspecified atom stereocenters. The highest BCUT2D eigenvalue weighted by Crippen LogP contribution is 2.47. The molecule has 0 radical (unpaired) electrons. The molecule has 1 aliphatic carbocycles. The number of allylic oxidation sites excluding steroid dienone is 2. The SMILES string of the molecule is CC(=O)C(=C1c2ccccc2-c2ccccc21)/C(=C(/C)O)[N+]1=C(c2ccccc2)c2ccccc2CC1. The average Bonchev–Trinajstić information content (AvgIpc) is 3.25. The summed E-state index contributed by atoms with van der Waals surface area (Å²) in [5.41, 5.74) is 10.7. The molecule has 180 valence electrons. The fourth-order valence-electron chi connectivity index (χ4n) is 5.85. The molecule has 0 saturated carbocycles. The predicted octanol–water partition coefficient (Wildman–Crippen LogP) is 6.95. The second-order valence-electron chi connectivity index (χ2n) is 9.60. The van der Waals surface area contributed by atoms with Crippen LogP contribution in [0.4, 0.5) is 0 Å². The summed E-state index contributed by atoms with van der Waals surface area (Å²) in [5.74, 6) is 0.0588. The van der Waals surface area contributed by atoms with E-state index in [1.807, 2.05) is 48.5 Å². The lowest BCUT2D eigenvalue weighted by Crippen LogP contribution is -2.33. The number of nitrogens with zero attached hydrogens (tertiary/aromatic N) is 1. The topological polar surface area (TPSA) is 40.3 Å². The van der Waals surface area contributed by atoms with Gasteiger partial charge in [-0.25, -0.2) is 0 Å². The fourth-order valence-corrected chi connectivity index (χ4v) is 5.85. The van der Waals surface area contributed by atoms with Crippen molar-refractivity contribution >= 4 is 17.1 Å². The summed E-state index contributed by atoms with van der Waals surface area (Å²) in [4.78, 5) is 13.6. The van der Waals surface area contributed by atoms with Crippen LogP contribution in [0, 0.1) is 0 Å². The molecular formula is C34H28NO2+. The number of carbonyl (C=O) groups is 1. The Morgan fingerprint density at radius 3 is 1.76 bits per heavy atom. The third kappa shape index (κ3) is 3.75. The van der Waals surface area contributed by atoms with Gasteiger partial charge in [0.15, 0.2) is 18.1 Å². The van der Waals surface area contributed by atoms with Gasteiger partial charge in [0.1, 0.15) is 5.57 Å². The van der Waals surface area contributed by atoms with E-state index in [9.17, 15) is 9.90 Å². The Hall–Kier alpha value is -4.50. The quantitative estimate of drug-likeness (QED) is 0.171. The van der Waals surface area contributed by atoms with Gasteiger partial charge in [0.25, 0.3) is 5.70 Å². The Bertz CT molecular complexity index is 1600. The second-order valence-corrected chi connectivity index (χ2v) is 9.60. The summed E-state index contributed by atoms with van der Waals surface area (Å²) in [6.07, 6.45) is 0.816. The first-order valence-electron chi connectivity index (χ1n) is 12.7. The standard InChI is InChI=1S/C34H27NO2/c1-22(36)31(32-29-18-10-8-16-27(29)28-17-9-11-19-30(28)32)33(23(2)37)35-21-20-24-12-6-7-15-26(24)34(35)25-13-4-3-5-14-25/h3-19H,20-21H2,1-2H3/p+1/b33-23+. The van der Waals surface area contributed by atoms with Crippen LogP contribution in [0.2, 0.25) is 0 Å². The number of carbonyl (C=O) groups excluding carboxylic acids is 1. The number of rotatable bonds is 4. The van der Waals surface area contributed by atoms with E-state index in [1.54, 1.807) is 13.8 Å². The van der Waals surface area contributed by atoms with Crippen molar-refractivity contribution < 1.29 is 14.5 Å². The number of hydrogen-bond donors (Lipinski definition) is 1. The maximum atomic E-state index is 13.6. The molecule has 3 heteroatoms. The number of aliphatic hydroxyl groups excluding tert-OH is 1. The molecule has 1 aliphatic heterocycles. The van der Waals surface area contributed by atoms with Gasteiger partial charge < -0.3 is 5.11 Å². The molecule has 0 amide bonds. The largest absolute Gasteiger partial charge is 0.506 e. The van der Waals surface area contributed by atoms with Gasteiger partial charge in [-0.15, -0.1) is 0 Å². The van der Waals surface area contributed by atoms with Crippen LogP contribution in [0.1, 0.15) is 41.7 Å². The van der Waals surface area contributed by atoms with Crippen LogP contribution >= 0.6 is 0 Å². The molecule has 0 atom stereocenters. The average molecular weight is 483 g/mol. The van der Waals surface area contributed by atoms with Crippen molar-refractivity contribution in [1.82, 2.24) is 0 Å². The lowest BCUT2D eigenvalue weighted by Gasteiger charge is -2.22. The Labute approximate surface area is 217 Å². The molecule has 3 nitrogen and oxygen atoms in total. The van der Waals surface area contributed by atoms with Crippen LogP contribution in [0.5, 0.6) is 0 Å². The van der Waals surface area contributed by atoms with Gasteiger partial charge in [0, 0.05) is 17.6 Å². The van der Waals surface area contributed by atoms with E-state index in [4.69, 9.17) is 0 Å². The van der Waals surface area contributed by atoms with Gasteiger partial charge in [-0.1, -0.05) is 84.9 Å². The number of hydrogen-bond acceptors (Lipinski definition) is 2. The van der Waals surface area contributed by atoms with E-state index in [2.05, 4.69) is 59.2 Å². The number of Topliss-reactive ketones (excluding diaryl/α,β-unsaturated/α-hetero) is 1. The first-order chi connectivity index (χ1) is 18.1. The summed E-state index contributed by atoms with van der Waals surface area (Å²) in [6.45, 7) is 3.95. The van der Waals surface area contributed by atoms with Gasteiger partial charge in [-0.05, 0) is 59.9 Å². The van der Waals surface area contributed by atoms with Crippen LogP contribution in [0.3, 0.4) is 0 Å². The van der Waals surface area contributed by atoms with Crippen LogP contribution in [0.25, 0.3) is 16.7 Å². The smallest absolute Gasteiger partial charge is 0.254 e. The molecule has 6 rings (SSSR count). The second kappa shape index (κ2) is 9.18. The highest BCUT2D eigenvalue weighted by molar-refractivity contribution is 6.15. The van der Waals surface area contributed by atoms with Crippen molar-refractivity contribution in [2.45, 2.75) is 20.3 Å². The summed E-state index contributed by atoms with van der Waals surface area (Å²) < 4.78 is 2.15. The Morgan fingerprint density at radius 2 is 1.19 bits per heavy atom. The Balaban J connectivity index is 1.72. The molecule has 4 aromatic carbocycles. The lowest BCUT2D eigenvalue weighted by molar-refractivity contribution is -0.475. The zero-order valence-corrected chi connectivity index (χ0v) is 21.0. The molecule has 0 saturated heterocycles. The molecule has 0 spiro atoms. The van der Waals surface area contributed by atoms with E-state index >= 15 is 0 Å². The first-order valence-corrected chi connectivity index (χ1v) is 12.7. The van der Waals surface area contributed by atoms with Crippen LogP contribution in [-0.4, -0.2) is 27.7 Å². The summed E-state index contributed by atoms with van der Waals surface area (Å²) >= 11 is 0. The highest BCUT2D eigenvalue weighted by Gasteiger charge is 2.38. The van der Waals surface area contributed by atoms with Crippen molar-refractivity contribution in [3.63, 3.8) is 0 Å². The molecule has 1 heterocycles. The number of aliphatic hydroxyl groups is 1. The molecular weight excluding hydrogens is 454 g/mol. The van der Waals surface area contributed by atoms with Gasteiger partial charge in [0.2, 0.25) is 5.71 Å².